The highest BCUT2D eigenvalue weighted by Crippen LogP contribution is 2.20. The Labute approximate surface area is 87.0 Å². The predicted octanol–water partition coefficient (Wildman–Crippen LogP) is 2.82. The maximum atomic E-state index is 10.0. The van der Waals surface area contributed by atoms with E-state index in [-0.39, 0.29) is 0 Å². The second-order valence-corrected chi connectivity index (χ2v) is 3.79. The molecule has 1 rings (SSSR count). The standard InChI is InChI=1S/C8H5Br2NO/c9-6-4-7(10)8(11-5-6)2-1-3-12/h1-5H/b2-1+. The van der Waals surface area contributed by atoms with Crippen LogP contribution in [0.2, 0.25) is 0 Å². The maximum Gasteiger partial charge on any atom is 0.142 e. The molecule has 4 heteroatoms. The van der Waals surface area contributed by atoms with Crippen molar-refractivity contribution in [2.24, 2.45) is 0 Å². The van der Waals surface area contributed by atoms with Gasteiger partial charge in [-0.25, -0.2) is 0 Å². The zero-order valence-corrected chi connectivity index (χ0v) is 9.17. The summed E-state index contributed by atoms with van der Waals surface area (Å²) in [5.74, 6) is 0. The quantitative estimate of drug-likeness (QED) is 0.619. The van der Waals surface area contributed by atoms with Crippen LogP contribution in [0.5, 0.6) is 0 Å². The number of allylic oxidation sites excluding steroid dienone is 1. The average Bonchev–Trinajstić information content (AvgIpc) is 2.03. The van der Waals surface area contributed by atoms with Crippen molar-refractivity contribution in [2.75, 3.05) is 0 Å². The molecule has 2 nitrogen and oxygen atoms in total. The van der Waals surface area contributed by atoms with Crippen LogP contribution in [0.4, 0.5) is 0 Å². The normalized spacial score (nSPS) is 10.5. The van der Waals surface area contributed by atoms with Crippen molar-refractivity contribution >= 4 is 44.2 Å². The number of halogens is 2. The molecule has 0 spiro atoms. The summed E-state index contributed by atoms with van der Waals surface area (Å²) in [7, 11) is 0. The van der Waals surface area contributed by atoms with E-state index >= 15 is 0 Å². The Morgan fingerprint density at radius 3 is 2.75 bits per heavy atom. The highest BCUT2D eigenvalue weighted by molar-refractivity contribution is 9.11. The van der Waals surface area contributed by atoms with Crippen LogP contribution in [-0.4, -0.2) is 11.3 Å². The largest absolute Gasteiger partial charge is 0.299 e. The van der Waals surface area contributed by atoms with Crippen molar-refractivity contribution in [3.8, 4) is 0 Å². The van der Waals surface area contributed by atoms with Crippen LogP contribution in [0.15, 0.2) is 27.3 Å². The van der Waals surface area contributed by atoms with Crippen molar-refractivity contribution in [3.63, 3.8) is 0 Å². The zero-order valence-electron chi connectivity index (χ0n) is 6.00. The van der Waals surface area contributed by atoms with Gasteiger partial charge >= 0.3 is 0 Å². The second kappa shape index (κ2) is 4.52. The molecule has 0 saturated carbocycles. The fourth-order valence-electron chi connectivity index (χ4n) is 0.678. The molecule has 0 fully saturated rings. The summed E-state index contributed by atoms with van der Waals surface area (Å²) >= 11 is 6.60. The summed E-state index contributed by atoms with van der Waals surface area (Å²) in [4.78, 5) is 14.1. The topological polar surface area (TPSA) is 30.0 Å². The summed E-state index contributed by atoms with van der Waals surface area (Å²) in [5.41, 5.74) is 0.741. The van der Waals surface area contributed by atoms with Gasteiger partial charge in [0, 0.05) is 15.1 Å². The summed E-state index contributed by atoms with van der Waals surface area (Å²) in [5, 5.41) is 0. The molecule has 62 valence electrons. The molecule has 12 heavy (non-hydrogen) atoms. The lowest BCUT2D eigenvalue weighted by molar-refractivity contribution is -0.104. The van der Waals surface area contributed by atoms with Gasteiger partial charge < -0.3 is 0 Å². The molecule has 1 aromatic rings. The van der Waals surface area contributed by atoms with Crippen LogP contribution in [-0.2, 0) is 4.79 Å². The van der Waals surface area contributed by atoms with E-state index < -0.39 is 0 Å². The summed E-state index contributed by atoms with van der Waals surface area (Å²) < 4.78 is 1.76. The summed E-state index contributed by atoms with van der Waals surface area (Å²) in [6, 6.07) is 1.87. The van der Waals surface area contributed by atoms with Crippen molar-refractivity contribution < 1.29 is 4.79 Å². The fraction of sp³-hybridized carbons (Fsp3) is 0. The fourth-order valence-corrected chi connectivity index (χ4v) is 1.80. The van der Waals surface area contributed by atoms with Crippen LogP contribution >= 0.6 is 31.9 Å². The number of hydrogen-bond acceptors (Lipinski definition) is 2. The number of carbonyl (C=O) groups is 1. The molecule has 0 atom stereocenters. The zero-order chi connectivity index (χ0) is 8.97. The lowest BCUT2D eigenvalue weighted by Crippen LogP contribution is -1.82. The number of carbonyl (C=O) groups excluding carboxylic acids is 1. The molecule has 0 unspecified atom stereocenters. The molecular formula is C8H5Br2NO. The van der Waals surface area contributed by atoms with E-state index in [1.165, 1.54) is 6.08 Å². The lowest BCUT2D eigenvalue weighted by atomic mass is 10.3. The first-order valence-electron chi connectivity index (χ1n) is 3.17. The van der Waals surface area contributed by atoms with Crippen LogP contribution in [0.25, 0.3) is 6.08 Å². The number of hydrogen-bond donors (Lipinski definition) is 0. The SMILES string of the molecule is O=C/C=C/c1ncc(Br)cc1Br. The van der Waals surface area contributed by atoms with Gasteiger partial charge in [0.25, 0.3) is 0 Å². The Hall–Kier alpha value is -0.480. The minimum Gasteiger partial charge on any atom is -0.299 e. The van der Waals surface area contributed by atoms with E-state index in [9.17, 15) is 4.79 Å². The molecule has 1 aromatic heterocycles. The van der Waals surface area contributed by atoms with Gasteiger partial charge in [0.05, 0.1) is 5.69 Å². The molecule has 0 N–H and O–H groups in total. The van der Waals surface area contributed by atoms with Crippen molar-refractivity contribution in [1.82, 2.24) is 4.98 Å². The summed E-state index contributed by atoms with van der Waals surface area (Å²) in [6.45, 7) is 0. The Morgan fingerprint density at radius 2 is 2.17 bits per heavy atom. The van der Waals surface area contributed by atoms with Crippen molar-refractivity contribution in [2.45, 2.75) is 0 Å². The van der Waals surface area contributed by atoms with Crippen LogP contribution in [0.3, 0.4) is 0 Å². The van der Waals surface area contributed by atoms with Gasteiger partial charge in [0.15, 0.2) is 0 Å². The highest BCUT2D eigenvalue weighted by Gasteiger charge is 1.96. The Bertz CT molecular complexity index is 323. The van der Waals surface area contributed by atoms with Gasteiger partial charge in [0.1, 0.15) is 6.29 Å². The van der Waals surface area contributed by atoms with E-state index in [0.29, 0.717) is 0 Å². The van der Waals surface area contributed by atoms with E-state index in [2.05, 4.69) is 36.8 Å². The molecule has 0 amide bonds. The Balaban J connectivity index is 3.01. The average molecular weight is 291 g/mol. The maximum absolute atomic E-state index is 10.0. The molecule has 0 bridgehead atoms. The highest BCUT2D eigenvalue weighted by atomic mass is 79.9. The molecule has 0 aliphatic heterocycles. The monoisotopic (exact) mass is 289 g/mol. The first-order valence-corrected chi connectivity index (χ1v) is 4.75. The minimum absolute atomic E-state index is 0.718. The van der Waals surface area contributed by atoms with Gasteiger partial charge in [-0.1, -0.05) is 0 Å². The van der Waals surface area contributed by atoms with Gasteiger partial charge in [-0.15, -0.1) is 0 Å². The van der Waals surface area contributed by atoms with Crippen LogP contribution in [0.1, 0.15) is 5.69 Å². The minimum atomic E-state index is 0.718. The number of aldehydes is 1. The molecule has 0 saturated heterocycles. The van der Waals surface area contributed by atoms with Gasteiger partial charge in [0.2, 0.25) is 0 Å². The number of pyridine rings is 1. The molecule has 0 radical (unpaired) electrons. The molecule has 1 heterocycles. The third kappa shape index (κ3) is 2.53. The number of aromatic nitrogens is 1. The Morgan fingerprint density at radius 1 is 1.42 bits per heavy atom. The van der Waals surface area contributed by atoms with E-state index in [1.54, 1.807) is 12.3 Å². The lowest BCUT2D eigenvalue weighted by Gasteiger charge is -1.96. The van der Waals surface area contributed by atoms with E-state index in [0.717, 1.165) is 20.9 Å². The van der Waals surface area contributed by atoms with Crippen LogP contribution in [0, 0.1) is 0 Å². The molecule has 0 aliphatic rings. The van der Waals surface area contributed by atoms with Gasteiger partial charge in [-0.3, -0.25) is 9.78 Å². The number of rotatable bonds is 2. The smallest absolute Gasteiger partial charge is 0.142 e. The third-order valence-corrected chi connectivity index (χ3v) is 2.24. The molecule has 0 aliphatic carbocycles. The van der Waals surface area contributed by atoms with Crippen molar-refractivity contribution in [3.05, 3.63) is 33.0 Å². The van der Waals surface area contributed by atoms with Gasteiger partial charge in [-0.05, 0) is 50.1 Å². The molecule has 0 aromatic carbocycles. The van der Waals surface area contributed by atoms with Crippen LogP contribution < -0.4 is 0 Å². The summed E-state index contributed by atoms with van der Waals surface area (Å²) in [6.07, 6.45) is 5.44. The Kier molecular flexibility index (Phi) is 3.62. The first-order chi connectivity index (χ1) is 5.74. The van der Waals surface area contributed by atoms with E-state index in [4.69, 9.17) is 0 Å². The molecular weight excluding hydrogens is 286 g/mol. The third-order valence-electron chi connectivity index (χ3n) is 1.17. The second-order valence-electron chi connectivity index (χ2n) is 2.02. The first kappa shape index (κ1) is 9.61. The number of nitrogens with zero attached hydrogens (tertiary/aromatic N) is 1. The van der Waals surface area contributed by atoms with Gasteiger partial charge in [-0.2, -0.15) is 0 Å². The van der Waals surface area contributed by atoms with Crippen molar-refractivity contribution in [1.29, 1.82) is 0 Å². The predicted molar refractivity (Wildman–Crippen MR) is 54.7 cm³/mol. The van der Waals surface area contributed by atoms with E-state index in [1.807, 2.05) is 6.07 Å².